The Morgan fingerprint density at radius 1 is 1.07 bits per heavy atom. The van der Waals surface area contributed by atoms with Crippen molar-refractivity contribution in [3.05, 3.63) is 58.7 Å². The molecule has 1 heterocycles. The fraction of sp³-hybridized carbons (Fsp3) is 0.409. The third-order valence-corrected chi connectivity index (χ3v) is 5.38. The summed E-state index contributed by atoms with van der Waals surface area (Å²) in [6, 6.07) is 12.7. The molecule has 1 aliphatic rings. The SMILES string of the molecule is COC(=O)C[C@H]1c2cc(OC)c(OC)cc2CC[NH+]1Cc1ccc(C)cc1. The predicted octanol–water partition coefficient (Wildman–Crippen LogP) is 2.26. The van der Waals surface area contributed by atoms with Gasteiger partial charge in [-0.3, -0.25) is 4.79 Å². The van der Waals surface area contributed by atoms with Crippen LogP contribution in [0.3, 0.4) is 0 Å². The lowest BCUT2D eigenvalue weighted by Gasteiger charge is -2.34. The van der Waals surface area contributed by atoms with Gasteiger partial charge in [-0.25, -0.2) is 0 Å². The van der Waals surface area contributed by atoms with E-state index in [1.165, 1.54) is 28.7 Å². The third-order valence-electron chi connectivity index (χ3n) is 5.38. The maximum absolute atomic E-state index is 12.1. The average molecular weight is 370 g/mol. The second-order valence-electron chi connectivity index (χ2n) is 7.06. The Bertz CT molecular complexity index is 801. The van der Waals surface area contributed by atoms with E-state index in [-0.39, 0.29) is 12.0 Å². The molecule has 144 valence electrons. The minimum atomic E-state index is -0.191. The molecule has 0 amide bonds. The highest BCUT2D eigenvalue weighted by Gasteiger charge is 2.34. The first-order chi connectivity index (χ1) is 13.0. The summed E-state index contributed by atoms with van der Waals surface area (Å²) in [5.41, 5.74) is 4.88. The molecular formula is C22H28NO4+. The van der Waals surface area contributed by atoms with E-state index in [0.717, 1.165) is 30.8 Å². The lowest BCUT2D eigenvalue weighted by atomic mass is 9.89. The normalized spacial score (nSPS) is 18.5. The number of methoxy groups -OCH3 is 3. The number of hydrogen-bond acceptors (Lipinski definition) is 4. The highest BCUT2D eigenvalue weighted by Crippen LogP contribution is 2.35. The van der Waals surface area contributed by atoms with Crippen LogP contribution in [0.4, 0.5) is 0 Å². The Hall–Kier alpha value is -2.53. The van der Waals surface area contributed by atoms with Gasteiger partial charge >= 0.3 is 5.97 Å². The van der Waals surface area contributed by atoms with E-state index in [4.69, 9.17) is 14.2 Å². The van der Waals surface area contributed by atoms with Crippen LogP contribution in [0, 0.1) is 6.92 Å². The van der Waals surface area contributed by atoms with Crippen LogP contribution in [-0.2, 0) is 22.5 Å². The van der Waals surface area contributed by atoms with Crippen molar-refractivity contribution in [2.45, 2.75) is 32.4 Å². The molecule has 1 aliphatic heterocycles. The van der Waals surface area contributed by atoms with Gasteiger partial charge in [0.15, 0.2) is 11.5 Å². The zero-order valence-electron chi connectivity index (χ0n) is 16.5. The van der Waals surface area contributed by atoms with Gasteiger partial charge in [0.05, 0.1) is 27.9 Å². The molecule has 5 heteroatoms. The number of hydrogen-bond donors (Lipinski definition) is 1. The standard InChI is InChI=1S/C22H27NO4/c1-15-5-7-16(8-6-15)14-23-10-9-17-11-20(25-2)21(26-3)12-18(17)19(23)13-22(24)27-4/h5-8,11-12,19H,9-10,13-14H2,1-4H3/p+1/t19-/m0/s1. The van der Waals surface area contributed by atoms with Gasteiger partial charge in [-0.15, -0.1) is 0 Å². The summed E-state index contributed by atoms with van der Waals surface area (Å²) in [4.78, 5) is 13.5. The van der Waals surface area contributed by atoms with Gasteiger partial charge in [0, 0.05) is 17.5 Å². The number of nitrogens with one attached hydrogen (secondary N) is 1. The number of rotatable bonds is 6. The molecule has 0 saturated carbocycles. The van der Waals surface area contributed by atoms with Gasteiger partial charge in [0.25, 0.3) is 0 Å². The Labute approximate surface area is 160 Å². The van der Waals surface area contributed by atoms with Crippen molar-refractivity contribution in [3.63, 3.8) is 0 Å². The monoisotopic (exact) mass is 370 g/mol. The number of carbonyl (C=O) groups is 1. The molecular weight excluding hydrogens is 342 g/mol. The number of carbonyl (C=O) groups excluding carboxylic acids is 1. The maximum atomic E-state index is 12.1. The largest absolute Gasteiger partial charge is 0.493 e. The molecule has 2 atom stereocenters. The summed E-state index contributed by atoms with van der Waals surface area (Å²) < 4.78 is 15.9. The quantitative estimate of drug-likeness (QED) is 0.793. The molecule has 0 fully saturated rings. The Morgan fingerprint density at radius 2 is 1.74 bits per heavy atom. The first-order valence-corrected chi connectivity index (χ1v) is 9.27. The number of quaternary nitrogens is 1. The Kier molecular flexibility index (Phi) is 6.01. The van der Waals surface area contributed by atoms with E-state index in [2.05, 4.69) is 31.2 Å². The summed E-state index contributed by atoms with van der Waals surface area (Å²) in [6.45, 7) is 3.92. The van der Waals surface area contributed by atoms with E-state index < -0.39 is 0 Å². The second-order valence-corrected chi connectivity index (χ2v) is 7.06. The van der Waals surface area contributed by atoms with Crippen LogP contribution in [-0.4, -0.2) is 33.8 Å². The molecule has 5 nitrogen and oxygen atoms in total. The highest BCUT2D eigenvalue weighted by molar-refractivity contribution is 5.70. The molecule has 0 aromatic heterocycles. The molecule has 0 saturated heterocycles. The van der Waals surface area contributed by atoms with Crippen LogP contribution >= 0.6 is 0 Å². The van der Waals surface area contributed by atoms with E-state index in [1.807, 2.05) is 12.1 Å². The van der Waals surface area contributed by atoms with Crippen molar-refractivity contribution in [2.75, 3.05) is 27.9 Å². The van der Waals surface area contributed by atoms with Crippen LogP contribution in [0.5, 0.6) is 11.5 Å². The van der Waals surface area contributed by atoms with Crippen molar-refractivity contribution in [3.8, 4) is 11.5 Å². The number of ether oxygens (including phenoxy) is 3. The summed E-state index contributed by atoms with van der Waals surface area (Å²) in [5.74, 6) is 1.24. The van der Waals surface area contributed by atoms with Crippen molar-refractivity contribution < 1.29 is 23.9 Å². The minimum Gasteiger partial charge on any atom is -0.493 e. The fourth-order valence-electron chi connectivity index (χ4n) is 3.85. The molecule has 27 heavy (non-hydrogen) atoms. The van der Waals surface area contributed by atoms with Crippen LogP contribution in [0.2, 0.25) is 0 Å². The van der Waals surface area contributed by atoms with Gasteiger partial charge in [0.1, 0.15) is 19.0 Å². The van der Waals surface area contributed by atoms with E-state index in [9.17, 15) is 4.79 Å². The van der Waals surface area contributed by atoms with Crippen molar-refractivity contribution in [1.82, 2.24) is 0 Å². The highest BCUT2D eigenvalue weighted by atomic mass is 16.5. The number of benzene rings is 2. The summed E-state index contributed by atoms with van der Waals surface area (Å²) in [5, 5.41) is 0. The molecule has 2 aromatic carbocycles. The molecule has 1 unspecified atom stereocenters. The van der Waals surface area contributed by atoms with Crippen molar-refractivity contribution in [2.24, 2.45) is 0 Å². The lowest BCUT2D eigenvalue weighted by Crippen LogP contribution is -3.12. The molecule has 0 bridgehead atoms. The predicted molar refractivity (Wildman–Crippen MR) is 103 cm³/mol. The van der Waals surface area contributed by atoms with Crippen LogP contribution in [0.1, 0.15) is 34.7 Å². The maximum Gasteiger partial charge on any atom is 0.311 e. The van der Waals surface area contributed by atoms with Crippen molar-refractivity contribution in [1.29, 1.82) is 0 Å². The third kappa shape index (κ3) is 4.25. The van der Waals surface area contributed by atoms with E-state index in [0.29, 0.717) is 12.2 Å². The topological polar surface area (TPSA) is 49.2 Å². The Morgan fingerprint density at radius 3 is 2.37 bits per heavy atom. The van der Waals surface area contributed by atoms with Crippen LogP contribution in [0.25, 0.3) is 0 Å². The number of fused-ring (bicyclic) bond motifs is 1. The van der Waals surface area contributed by atoms with E-state index >= 15 is 0 Å². The molecule has 2 aromatic rings. The smallest absolute Gasteiger partial charge is 0.311 e. The molecule has 3 rings (SSSR count). The van der Waals surface area contributed by atoms with Crippen molar-refractivity contribution >= 4 is 5.97 Å². The second kappa shape index (κ2) is 8.44. The van der Waals surface area contributed by atoms with Gasteiger partial charge in [0.2, 0.25) is 0 Å². The first kappa shape index (κ1) is 19.2. The lowest BCUT2D eigenvalue weighted by molar-refractivity contribution is -0.946. The zero-order valence-corrected chi connectivity index (χ0v) is 16.5. The summed E-state index contributed by atoms with van der Waals surface area (Å²) in [7, 11) is 4.73. The summed E-state index contributed by atoms with van der Waals surface area (Å²) in [6.07, 6.45) is 1.29. The van der Waals surface area contributed by atoms with E-state index in [1.54, 1.807) is 14.2 Å². The average Bonchev–Trinajstić information content (AvgIpc) is 2.70. The van der Waals surface area contributed by atoms with Crippen LogP contribution < -0.4 is 14.4 Å². The molecule has 0 spiro atoms. The zero-order chi connectivity index (χ0) is 19.4. The molecule has 1 N–H and O–H groups in total. The van der Waals surface area contributed by atoms with Gasteiger partial charge in [-0.2, -0.15) is 0 Å². The van der Waals surface area contributed by atoms with Gasteiger partial charge in [-0.05, 0) is 24.6 Å². The molecule has 0 radical (unpaired) electrons. The number of esters is 1. The Balaban J connectivity index is 1.95. The van der Waals surface area contributed by atoms with Crippen LogP contribution in [0.15, 0.2) is 36.4 Å². The number of aryl methyl sites for hydroxylation is 1. The van der Waals surface area contributed by atoms with Gasteiger partial charge < -0.3 is 19.1 Å². The minimum absolute atomic E-state index is 0.0299. The summed E-state index contributed by atoms with van der Waals surface area (Å²) >= 11 is 0. The van der Waals surface area contributed by atoms with Gasteiger partial charge in [-0.1, -0.05) is 29.8 Å². The molecule has 0 aliphatic carbocycles. The first-order valence-electron chi connectivity index (χ1n) is 9.27. The fourth-order valence-corrected chi connectivity index (χ4v) is 3.85.